The zero-order valence-corrected chi connectivity index (χ0v) is 17.6. The highest BCUT2D eigenvalue weighted by Gasteiger charge is 2.32. The lowest BCUT2D eigenvalue weighted by Gasteiger charge is -2.35. The maximum absolute atomic E-state index is 13.2. The first-order valence-electron chi connectivity index (χ1n) is 9.55. The number of benzene rings is 1. The molecule has 0 atom stereocenters. The highest BCUT2D eigenvalue weighted by atomic mass is 32.2. The molecule has 0 bridgehead atoms. The van der Waals surface area contributed by atoms with Crippen LogP contribution in [0.25, 0.3) is 0 Å². The van der Waals surface area contributed by atoms with Crippen LogP contribution >= 0.6 is 0 Å². The van der Waals surface area contributed by atoms with Crippen molar-refractivity contribution < 1.29 is 13.2 Å². The molecule has 146 valence electrons. The van der Waals surface area contributed by atoms with E-state index in [-0.39, 0.29) is 5.91 Å². The van der Waals surface area contributed by atoms with E-state index in [9.17, 15) is 13.2 Å². The number of nitrogens with zero attached hydrogens (tertiary/aromatic N) is 2. The summed E-state index contributed by atoms with van der Waals surface area (Å²) < 4.78 is 28.0. The number of hydrogen-bond donors (Lipinski definition) is 0. The fourth-order valence-corrected chi connectivity index (χ4v) is 5.56. The lowest BCUT2D eigenvalue weighted by molar-refractivity contribution is -0.132. The van der Waals surface area contributed by atoms with Crippen LogP contribution in [0, 0.1) is 27.7 Å². The minimum atomic E-state index is -3.54. The van der Waals surface area contributed by atoms with Crippen molar-refractivity contribution in [2.45, 2.75) is 65.2 Å². The molecule has 1 aliphatic rings. The zero-order valence-electron chi connectivity index (χ0n) is 16.8. The number of unbranched alkanes of at least 4 members (excludes halogenated alkanes) is 2. The first-order valence-corrected chi connectivity index (χ1v) is 11.0. The number of sulfonamides is 1. The van der Waals surface area contributed by atoms with Gasteiger partial charge in [0.05, 0.1) is 4.90 Å². The minimum absolute atomic E-state index is 0.147. The predicted molar refractivity (Wildman–Crippen MR) is 105 cm³/mol. The molecule has 26 heavy (non-hydrogen) atoms. The van der Waals surface area contributed by atoms with Gasteiger partial charge in [-0.2, -0.15) is 4.31 Å². The fourth-order valence-electron chi connectivity index (χ4n) is 3.56. The summed E-state index contributed by atoms with van der Waals surface area (Å²) in [5.74, 6) is 0.147. The summed E-state index contributed by atoms with van der Waals surface area (Å²) >= 11 is 0. The molecule has 1 heterocycles. The Morgan fingerprint density at radius 2 is 1.50 bits per heavy atom. The molecule has 1 aliphatic heterocycles. The minimum Gasteiger partial charge on any atom is -0.340 e. The largest absolute Gasteiger partial charge is 0.340 e. The van der Waals surface area contributed by atoms with Gasteiger partial charge in [0.1, 0.15) is 0 Å². The van der Waals surface area contributed by atoms with Gasteiger partial charge in [0.2, 0.25) is 15.9 Å². The third kappa shape index (κ3) is 4.29. The van der Waals surface area contributed by atoms with E-state index < -0.39 is 10.0 Å². The van der Waals surface area contributed by atoms with Gasteiger partial charge in [0.15, 0.2) is 0 Å². The van der Waals surface area contributed by atoms with E-state index in [1.807, 2.05) is 38.7 Å². The second-order valence-corrected chi connectivity index (χ2v) is 9.21. The first kappa shape index (κ1) is 20.9. The smallest absolute Gasteiger partial charge is 0.243 e. The number of hydrogen-bond acceptors (Lipinski definition) is 3. The van der Waals surface area contributed by atoms with Crippen molar-refractivity contribution in [3.63, 3.8) is 0 Å². The Morgan fingerprint density at radius 3 is 2.00 bits per heavy atom. The molecule has 1 saturated heterocycles. The van der Waals surface area contributed by atoms with Crippen LogP contribution in [0.1, 0.15) is 54.9 Å². The van der Waals surface area contributed by atoms with Gasteiger partial charge in [-0.15, -0.1) is 0 Å². The molecule has 6 heteroatoms. The third-order valence-electron chi connectivity index (χ3n) is 5.48. The lowest BCUT2D eigenvalue weighted by atomic mass is 10.0. The lowest BCUT2D eigenvalue weighted by Crippen LogP contribution is -2.50. The van der Waals surface area contributed by atoms with Gasteiger partial charge < -0.3 is 4.90 Å². The summed E-state index contributed by atoms with van der Waals surface area (Å²) in [6.07, 6.45) is 3.63. The Hall–Kier alpha value is -1.40. The number of rotatable bonds is 6. The molecular formula is C20H32N2O3S. The normalized spacial score (nSPS) is 16.1. The number of piperazine rings is 1. The summed E-state index contributed by atoms with van der Waals surface area (Å²) in [6.45, 7) is 11.5. The molecule has 1 aromatic rings. The molecule has 0 spiro atoms. The van der Waals surface area contributed by atoms with E-state index in [4.69, 9.17) is 0 Å². The summed E-state index contributed by atoms with van der Waals surface area (Å²) in [4.78, 5) is 14.5. The summed E-state index contributed by atoms with van der Waals surface area (Å²) in [6, 6.07) is 2.04. The summed E-state index contributed by atoms with van der Waals surface area (Å²) in [7, 11) is -3.54. The molecule has 0 saturated carbocycles. The zero-order chi connectivity index (χ0) is 19.5. The average Bonchev–Trinajstić information content (AvgIpc) is 2.60. The Kier molecular flexibility index (Phi) is 6.86. The van der Waals surface area contributed by atoms with E-state index in [0.717, 1.165) is 41.5 Å². The van der Waals surface area contributed by atoms with Crippen LogP contribution in [0.2, 0.25) is 0 Å². The number of carbonyl (C=O) groups excluding carboxylic acids is 1. The Balaban J connectivity index is 2.13. The van der Waals surface area contributed by atoms with Crippen molar-refractivity contribution in [2.24, 2.45) is 0 Å². The van der Waals surface area contributed by atoms with Crippen molar-refractivity contribution in [1.29, 1.82) is 0 Å². The molecule has 0 aromatic heterocycles. The standard InChI is InChI=1S/C20H32N2O3S/c1-6-7-8-9-19(23)21-10-12-22(13-11-21)26(24,25)20-17(4)15(2)14-16(3)18(20)5/h14H,6-13H2,1-5H3. The van der Waals surface area contributed by atoms with Gasteiger partial charge in [0.25, 0.3) is 0 Å². The molecule has 0 unspecified atom stereocenters. The molecule has 0 aliphatic carbocycles. The van der Waals surface area contributed by atoms with E-state index in [2.05, 4.69) is 6.92 Å². The van der Waals surface area contributed by atoms with Crippen LogP contribution in [0.15, 0.2) is 11.0 Å². The van der Waals surface area contributed by atoms with Crippen LogP contribution in [0.3, 0.4) is 0 Å². The monoisotopic (exact) mass is 380 g/mol. The summed E-state index contributed by atoms with van der Waals surface area (Å²) in [5.41, 5.74) is 3.64. The first-order chi connectivity index (χ1) is 12.2. The maximum atomic E-state index is 13.2. The molecule has 2 rings (SSSR count). The second kappa shape index (κ2) is 8.53. The molecule has 1 aromatic carbocycles. The summed E-state index contributed by atoms with van der Waals surface area (Å²) in [5, 5.41) is 0. The Labute approximate surface area is 158 Å². The van der Waals surface area contributed by atoms with Crippen LogP contribution < -0.4 is 0 Å². The van der Waals surface area contributed by atoms with E-state index in [1.54, 1.807) is 0 Å². The van der Waals surface area contributed by atoms with Gasteiger partial charge in [-0.3, -0.25) is 4.79 Å². The molecule has 1 fully saturated rings. The molecule has 0 N–H and O–H groups in total. The topological polar surface area (TPSA) is 57.7 Å². The van der Waals surface area contributed by atoms with Crippen LogP contribution in [-0.2, 0) is 14.8 Å². The van der Waals surface area contributed by atoms with Crippen molar-refractivity contribution in [3.05, 3.63) is 28.3 Å². The number of amides is 1. The molecule has 0 radical (unpaired) electrons. The van der Waals surface area contributed by atoms with Crippen LogP contribution in [-0.4, -0.2) is 49.7 Å². The van der Waals surface area contributed by atoms with Crippen LogP contribution in [0.5, 0.6) is 0 Å². The maximum Gasteiger partial charge on any atom is 0.243 e. The number of carbonyl (C=O) groups is 1. The van der Waals surface area contributed by atoms with Crippen molar-refractivity contribution in [3.8, 4) is 0 Å². The van der Waals surface area contributed by atoms with Gasteiger partial charge >= 0.3 is 0 Å². The Morgan fingerprint density at radius 1 is 0.962 bits per heavy atom. The molecular weight excluding hydrogens is 348 g/mol. The van der Waals surface area contributed by atoms with Gasteiger partial charge in [-0.1, -0.05) is 25.8 Å². The van der Waals surface area contributed by atoms with Crippen molar-refractivity contribution in [2.75, 3.05) is 26.2 Å². The predicted octanol–water partition coefficient (Wildman–Crippen LogP) is 3.33. The number of aryl methyl sites for hydroxylation is 2. The second-order valence-electron chi connectivity index (χ2n) is 7.33. The van der Waals surface area contributed by atoms with Crippen LogP contribution in [0.4, 0.5) is 0 Å². The molecule has 5 nitrogen and oxygen atoms in total. The van der Waals surface area contributed by atoms with Crippen molar-refractivity contribution in [1.82, 2.24) is 9.21 Å². The highest BCUT2D eigenvalue weighted by Crippen LogP contribution is 2.29. The average molecular weight is 381 g/mol. The van der Waals surface area contributed by atoms with E-state index in [1.165, 1.54) is 4.31 Å². The van der Waals surface area contributed by atoms with Gasteiger partial charge in [-0.25, -0.2) is 8.42 Å². The van der Waals surface area contributed by atoms with Gasteiger partial charge in [-0.05, 0) is 56.4 Å². The van der Waals surface area contributed by atoms with E-state index in [0.29, 0.717) is 37.5 Å². The van der Waals surface area contributed by atoms with Crippen molar-refractivity contribution >= 4 is 15.9 Å². The quantitative estimate of drug-likeness (QED) is 0.711. The highest BCUT2D eigenvalue weighted by molar-refractivity contribution is 7.89. The fraction of sp³-hybridized carbons (Fsp3) is 0.650. The van der Waals surface area contributed by atoms with Gasteiger partial charge in [0, 0.05) is 32.6 Å². The Bertz CT molecular complexity index is 738. The third-order valence-corrected chi connectivity index (χ3v) is 7.65. The van der Waals surface area contributed by atoms with E-state index >= 15 is 0 Å². The SMILES string of the molecule is CCCCCC(=O)N1CCN(S(=O)(=O)c2c(C)c(C)cc(C)c2C)CC1. The molecule has 1 amide bonds.